The van der Waals surface area contributed by atoms with E-state index in [0.29, 0.717) is 5.92 Å². The van der Waals surface area contributed by atoms with Crippen molar-refractivity contribution in [2.45, 2.75) is 109 Å². The first-order valence-electron chi connectivity index (χ1n) is 14.0. The molecule has 0 heterocycles. The van der Waals surface area contributed by atoms with Gasteiger partial charge in [0.25, 0.3) is 0 Å². The summed E-state index contributed by atoms with van der Waals surface area (Å²) in [6.45, 7) is 0.943. The van der Waals surface area contributed by atoms with Crippen LogP contribution in [0.3, 0.4) is 0 Å². The lowest BCUT2D eigenvalue weighted by Gasteiger charge is -2.38. The fourth-order valence-corrected chi connectivity index (χ4v) is 7.40. The lowest BCUT2D eigenvalue weighted by atomic mass is 9.67. The molecule has 0 bridgehead atoms. The zero-order chi connectivity index (χ0) is 22.2. The van der Waals surface area contributed by atoms with E-state index in [1.54, 1.807) is 12.1 Å². The highest BCUT2D eigenvalue weighted by atomic mass is 19.1. The van der Waals surface area contributed by atoms with Gasteiger partial charge in [-0.15, -0.1) is 0 Å². The summed E-state index contributed by atoms with van der Waals surface area (Å²) in [5, 5.41) is 0. The van der Waals surface area contributed by atoms with E-state index in [-0.39, 0.29) is 5.82 Å². The molecule has 0 saturated heterocycles. The standard InChI is InChI=1S/C30H47FO/c1-32-22-2-3-23-4-6-24(7-5-23)8-9-25-10-12-26(13-11-25)27-14-16-28(17-15-27)29-18-20-30(31)21-19-29/h18-21,23-28H,2-17,22H2,1H3. The predicted octanol–water partition coefficient (Wildman–Crippen LogP) is 8.92. The number of rotatable bonds is 9. The van der Waals surface area contributed by atoms with Gasteiger partial charge in [-0.3, -0.25) is 0 Å². The largest absolute Gasteiger partial charge is 0.385 e. The molecule has 0 aromatic heterocycles. The summed E-state index contributed by atoms with van der Waals surface area (Å²) in [6, 6.07) is 7.30. The Hall–Kier alpha value is -0.890. The quantitative estimate of drug-likeness (QED) is 0.347. The van der Waals surface area contributed by atoms with Crippen LogP contribution in [0.15, 0.2) is 24.3 Å². The zero-order valence-electron chi connectivity index (χ0n) is 20.6. The van der Waals surface area contributed by atoms with Crippen LogP contribution in [-0.4, -0.2) is 13.7 Å². The molecule has 1 aromatic carbocycles. The molecule has 1 aromatic rings. The molecular weight excluding hydrogens is 395 g/mol. The summed E-state index contributed by atoms with van der Waals surface area (Å²) in [5.41, 5.74) is 1.36. The second-order valence-corrected chi connectivity index (χ2v) is 11.5. The molecule has 0 unspecified atom stereocenters. The Morgan fingerprint density at radius 3 is 1.66 bits per heavy atom. The van der Waals surface area contributed by atoms with Gasteiger partial charge in [0.15, 0.2) is 0 Å². The van der Waals surface area contributed by atoms with Crippen LogP contribution in [0.5, 0.6) is 0 Å². The molecule has 0 radical (unpaired) electrons. The minimum absolute atomic E-state index is 0.107. The molecule has 3 fully saturated rings. The smallest absolute Gasteiger partial charge is 0.123 e. The number of hydrogen-bond donors (Lipinski definition) is 0. The monoisotopic (exact) mass is 442 g/mol. The van der Waals surface area contributed by atoms with E-state index < -0.39 is 0 Å². The Bertz CT molecular complexity index is 631. The van der Waals surface area contributed by atoms with Crippen LogP contribution >= 0.6 is 0 Å². The van der Waals surface area contributed by atoms with Crippen molar-refractivity contribution in [2.24, 2.45) is 29.6 Å². The van der Waals surface area contributed by atoms with Crippen LogP contribution in [0.2, 0.25) is 0 Å². The lowest BCUT2D eigenvalue weighted by Crippen LogP contribution is -2.25. The van der Waals surface area contributed by atoms with Crippen LogP contribution in [0.1, 0.15) is 114 Å². The highest BCUT2D eigenvalue weighted by molar-refractivity contribution is 5.21. The fraction of sp³-hybridized carbons (Fsp3) is 0.800. The summed E-state index contributed by atoms with van der Waals surface area (Å²) in [6.07, 6.45) is 22.9. The molecule has 0 atom stereocenters. The van der Waals surface area contributed by atoms with Crippen LogP contribution in [0.4, 0.5) is 4.39 Å². The molecule has 4 rings (SSSR count). The molecule has 180 valence electrons. The normalized spacial score (nSPS) is 33.8. The highest BCUT2D eigenvalue weighted by Gasteiger charge is 2.31. The van der Waals surface area contributed by atoms with Crippen LogP contribution < -0.4 is 0 Å². The molecule has 32 heavy (non-hydrogen) atoms. The second-order valence-electron chi connectivity index (χ2n) is 11.5. The molecule has 0 aliphatic heterocycles. The molecule has 0 spiro atoms. The lowest BCUT2D eigenvalue weighted by molar-refractivity contribution is 0.148. The highest BCUT2D eigenvalue weighted by Crippen LogP contribution is 2.45. The van der Waals surface area contributed by atoms with Gasteiger partial charge in [-0.1, -0.05) is 63.5 Å². The van der Waals surface area contributed by atoms with Gasteiger partial charge >= 0.3 is 0 Å². The van der Waals surface area contributed by atoms with Crippen molar-refractivity contribution >= 4 is 0 Å². The average Bonchev–Trinajstić information content (AvgIpc) is 2.85. The van der Waals surface area contributed by atoms with Crippen LogP contribution in [0, 0.1) is 35.4 Å². The third-order valence-electron chi connectivity index (χ3n) is 9.58. The summed E-state index contributed by atoms with van der Waals surface area (Å²) in [7, 11) is 1.82. The summed E-state index contributed by atoms with van der Waals surface area (Å²) in [4.78, 5) is 0. The first kappa shape index (κ1) is 24.2. The van der Waals surface area contributed by atoms with Crippen LogP contribution in [0.25, 0.3) is 0 Å². The third kappa shape index (κ3) is 7.05. The van der Waals surface area contributed by atoms with Gasteiger partial charge in [0, 0.05) is 13.7 Å². The summed E-state index contributed by atoms with van der Waals surface area (Å²) < 4.78 is 18.4. The number of benzene rings is 1. The van der Waals surface area contributed by atoms with Crippen molar-refractivity contribution in [2.75, 3.05) is 13.7 Å². The zero-order valence-corrected chi connectivity index (χ0v) is 20.6. The van der Waals surface area contributed by atoms with Gasteiger partial charge in [-0.05, 0) is 105 Å². The van der Waals surface area contributed by atoms with E-state index in [2.05, 4.69) is 0 Å². The maximum absolute atomic E-state index is 13.2. The Morgan fingerprint density at radius 1 is 0.656 bits per heavy atom. The van der Waals surface area contributed by atoms with Gasteiger partial charge < -0.3 is 4.74 Å². The van der Waals surface area contributed by atoms with E-state index in [1.807, 2.05) is 19.2 Å². The van der Waals surface area contributed by atoms with E-state index in [9.17, 15) is 4.39 Å². The van der Waals surface area contributed by atoms with Crippen molar-refractivity contribution in [3.63, 3.8) is 0 Å². The Kier molecular flexibility index (Phi) is 9.50. The SMILES string of the molecule is COCCCC1CCC(CCC2CCC(C3CCC(c4ccc(F)cc4)CC3)CC2)CC1. The predicted molar refractivity (Wildman–Crippen MR) is 132 cm³/mol. The Balaban J connectivity index is 1.09. The van der Waals surface area contributed by atoms with Gasteiger partial charge in [-0.2, -0.15) is 0 Å². The van der Waals surface area contributed by atoms with Gasteiger partial charge in [0.2, 0.25) is 0 Å². The van der Waals surface area contributed by atoms with Gasteiger partial charge in [0.05, 0.1) is 0 Å². The number of ether oxygens (including phenoxy) is 1. The van der Waals surface area contributed by atoms with E-state index >= 15 is 0 Å². The first-order chi connectivity index (χ1) is 15.7. The second kappa shape index (κ2) is 12.5. The van der Waals surface area contributed by atoms with Gasteiger partial charge in [-0.25, -0.2) is 4.39 Å². The minimum Gasteiger partial charge on any atom is -0.385 e. The summed E-state index contributed by atoms with van der Waals surface area (Å²) >= 11 is 0. The topological polar surface area (TPSA) is 9.23 Å². The fourth-order valence-electron chi connectivity index (χ4n) is 7.40. The maximum atomic E-state index is 13.2. The maximum Gasteiger partial charge on any atom is 0.123 e. The average molecular weight is 443 g/mol. The Morgan fingerprint density at radius 2 is 1.12 bits per heavy atom. The van der Waals surface area contributed by atoms with Crippen molar-refractivity contribution in [3.8, 4) is 0 Å². The minimum atomic E-state index is -0.107. The van der Waals surface area contributed by atoms with Gasteiger partial charge in [0.1, 0.15) is 5.82 Å². The molecule has 1 nitrogen and oxygen atoms in total. The number of methoxy groups -OCH3 is 1. The molecule has 3 aliphatic rings. The van der Waals surface area contributed by atoms with Crippen LogP contribution in [-0.2, 0) is 4.74 Å². The number of hydrogen-bond acceptors (Lipinski definition) is 1. The molecule has 0 amide bonds. The van der Waals surface area contributed by atoms with E-state index in [0.717, 1.165) is 36.2 Å². The molecule has 2 heteroatoms. The molecule has 0 N–H and O–H groups in total. The van der Waals surface area contributed by atoms with Crippen molar-refractivity contribution in [3.05, 3.63) is 35.6 Å². The van der Waals surface area contributed by atoms with E-state index in [1.165, 1.54) is 108 Å². The number of halogens is 1. The first-order valence-corrected chi connectivity index (χ1v) is 14.0. The molecule has 3 saturated carbocycles. The van der Waals surface area contributed by atoms with Crippen molar-refractivity contribution < 1.29 is 9.13 Å². The molecular formula is C30H47FO. The van der Waals surface area contributed by atoms with Crippen molar-refractivity contribution in [1.82, 2.24) is 0 Å². The third-order valence-corrected chi connectivity index (χ3v) is 9.58. The van der Waals surface area contributed by atoms with E-state index in [4.69, 9.17) is 4.74 Å². The van der Waals surface area contributed by atoms with Crippen molar-refractivity contribution in [1.29, 1.82) is 0 Å². The molecule has 3 aliphatic carbocycles. The Labute approximate surface area is 196 Å². The summed E-state index contributed by atoms with van der Waals surface area (Å²) in [5.74, 6) is 5.52.